The van der Waals surface area contributed by atoms with Crippen molar-refractivity contribution in [2.45, 2.75) is 19.8 Å². The van der Waals surface area contributed by atoms with Crippen molar-refractivity contribution in [2.75, 3.05) is 0 Å². The van der Waals surface area contributed by atoms with Crippen molar-refractivity contribution in [1.29, 1.82) is 0 Å². The fourth-order valence-electron chi connectivity index (χ4n) is 1.14. The van der Waals surface area contributed by atoms with Gasteiger partial charge < -0.3 is 5.11 Å². The van der Waals surface area contributed by atoms with Crippen molar-refractivity contribution in [2.24, 2.45) is 4.99 Å². The Morgan fingerprint density at radius 1 is 1.46 bits per heavy atom. The molecular formula is C10H11NO2. The van der Waals surface area contributed by atoms with Gasteiger partial charge in [-0.25, -0.2) is 4.79 Å². The molecule has 3 nitrogen and oxygen atoms in total. The van der Waals surface area contributed by atoms with Gasteiger partial charge in [0, 0.05) is 6.07 Å². The zero-order valence-corrected chi connectivity index (χ0v) is 7.61. The fourth-order valence-corrected chi connectivity index (χ4v) is 1.14. The molecule has 0 saturated heterocycles. The lowest BCUT2D eigenvalue weighted by Crippen LogP contribution is -1.86. The minimum absolute atomic E-state index is 0.173. The summed E-state index contributed by atoms with van der Waals surface area (Å²) < 4.78 is 0. The van der Waals surface area contributed by atoms with Crippen LogP contribution in [0.5, 0.6) is 5.75 Å². The third kappa shape index (κ3) is 2.17. The van der Waals surface area contributed by atoms with Gasteiger partial charge in [0.2, 0.25) is 6.08 Å². The van der Waals surface area contributed by atoms with E-state index in [1.54, 1.807) is 12.1 Å². The molecule has 1 aromatic carbocycles. The second-order valence-corrected chi connectivity index (χ2v) is 3.10. The van der Waals surface area contributed by atoms with E-state index in [9.17, 15) is 9.90 Å². The molecule has 0 atom stereocenters. The van der Waals surface area contributed by atoms with E-state index in [0.717, 1.165) is 5.56 Å². The van der Waals surface area contributed by atoms with Crippen molar-refractivity contribution in [1.82, 2.24) is 0 Å². The SMILES string of the molecule is CC(C)c1ccc(N=C=O)cc1O. The summed E-state index contributed by atoms with van der Waals surface area (Å²) in [7, 11) is 0. The topological polar surface area (TPSA) is 49.7 Å². The van der Waals surface area contributed by atoms with Crippen molar-refractivity contribution in [3.63, 3.8) is 0 Å². The molecule has 1 N–H and O–H groups in total. The molecule has 1 rings (SSSR count). The predicted octanol–water partition coefficient (Wildman–Crippen LogP) is 2.48. The summed E-state index contributed by atoms with van der Waals surface area (Å²) in [4.78, 5) is 13.3. The summed E-state index contributed by atoms with van der Waals surface area (Å²) in [5, 5.41) is 9.50. The Bertz CT molecular complexity index is 352. The molecule has 68 valence electrons. The summed E-state index contributed by atoms with van der Waals surface area (Å²) in [6.07, 6.45) is 1.42. The quantitative estimate of drug-likeness (QED) is 0.557. The zero-order chi connectivity index (χ0) is 9.84. The Labute approximate surface area is 76.7 Å². The van der Waals surface area contributed by atoms with Gasteiger partial charge in [-0.15, -0.1) is 0 Å². The second kappa shape index (κ2) is 3.87. The maximum absolute atomic E-state index is 9.93. The molecule has 0 saturated carbocycles. The van der Waals surface area contributed by atoms with Gasteiger partial charge in [0.15, 0.2) is 0 Å². The Hall–Kier alpha value is -1.60. The number of hydrogen-bond acceptors (Lipinski definition) is 3. The summed E-state index contributed by atoms with van der Waals surface area (Å²) in [6, 6.07) is 4.90. The lowest BCUT2D eigenvalue weighted by molar-refractivity contribution is 0.465. The zero-order valence-electron chi connectivity index (χ0n) is 7.61. The van der Waals surface area contributed by atoms with Crippen LogP contribution < -0.4 is 0 Å². The average Bonchev–Trinajstić information content (AvgIpc) is 2.04. The molecule has 0 unspecified atom stereocenters. The normalized spacial score (nSPS) is 9.77. The molecular weight excluding hydrogens is 166 g/mol. The van der Waals surface area contributed by atoms with E-state index >= 15 is 0 Å². The number of phenols is 1. The number of hydrogen-bond donors (Lipinski definition) is 1. The molecule has 0 heterocycles. The number of rotatable bonds is 2. The van der Waals surface area contributed by atoms with Crippen molar-refractivity contribution >= 4 is 11.8 Å². The van der Waals surface area contributed by atoms with Gasteiger partial charge in [-0.2, -0.15) is 4.99 Å². The highest BCUT2D eigenvalue weighted by molar-refractivity contribution is 5.53. The van der Waals surface area contributed by atoms with E-state index in [1.165, 1.54) is 12.1 Å². The van der Waals surface area contributed by atoms with E-state index < -0.39 is 0 Å². The molecule has 0 aromatic heterocycles. The van der Waals surface area contributed by atoms with Crippen molar-refractivity contribution < 1.29 is 9.90 Å². The first-order valence-electron chi connectivity index (χ1n) is 4.06. The summed E-state index contributed by atoms with van der Waals surface area (Å²) in [6.45, 7) is 3.97. The van der Waals surface area contributed by atoms with Gasteiger partial charge in [-0.05, 0) is 17.5 Å². The van der Waals surface area contributed by atoms with Gasteiger partial charge in [0.05, 0.1) is 5.69 Å². The van der Waals surface area contributed by atoms with Crippen LogP contribution in [0.1, 0.15) is 25.3 Å². The number of phenolic OH excluding ortho intramolecular Hbond substituents is 1. The van der Waals surface area contributed by atoms with Crippen LogP contribution in [-0.4, -0.2) is 11.2 Å². The number of aromatic hydroxyl groups is 1. The second-order valence-electron chi connectivity index (χ2n) is 3.10. The van der Waals surface area contributed by atoms with Crippen LogP contribution in [-0.2, 0) is 4.79 Å². The highest BCUT2D eigenvalue weighted by atomic mass is 16.3. The minimum Gasteiger partial charge on any atom is -0.508 e. The average molecular weight is 177 g/mol. The monoisotopic (exact) mass is 177 g/mol. The molecule has 13 heavy (non-hydrogen) atoms. The number of nitrogens with zero attached hydrogens (tertiary/aromatic N) is 1. The molecule has 0 aliphatic heterocycles. The highest BCUT2D eigenvalue weighted by Gasteiger charge is 2.05. The Morgan fingerprint density at radius 2 is 2.15 bits per heavy atom. The van der Waals surface area contributed by atoms with Gasteiger partial charge in [-0.3, -0.25) is 0 Å². The summed E-state index contributed by atoms with van der Waals surface area (Å²) in [5.41, 5.74) is 1.28. The molecule has 1 aromatic rings. The molecule has 0 radical (unpaired) electrons. The van der Waals surface area contributed by atoms with E-state index in [4.69, 9.17) is 0 Å². The highest BCUT2D eigenvalue weighted by Crippen LogP contribution is 2.28. The molecule has 0 bridgehead atoms. The van der Waals surface area contributed by atoms with Crippen LogP contribution in [0.4, 0.5) is 5.69 Å². The molecule has 3 heteroatoms. The maximum atomic E-state index is 9.93. The standard InChI is InChI=1S/C10H11NO2/c1-7(2)9-4-3-8(11-6-12)5-10(9)13/h3-5,7,13H,1-2H3. The van der Waals surface area contributed by atoms with Crippen molar-refractivity contribution in [3.8, 4) is 5.75 Å². The first-order valence-corrected chi connectivity index (χ1v) is 4.06. The third-order valence-electron chi connectivity index (χ3n) is 1.81. The lowest BCUT2D eigenvalue weighted by atomic mass is 10.0. The minimum atomic E-state index is 0.173. The predicted molar refractivity (Wildman–Crippen MR) is 50.0 cm³/mol. The van der Waals surface area contributed by atoms with Crippen molar-refractivity contribution in [3.05, 3.63) is 23.8 Å². The Balaban J connectivity index is 3.12. The van der Waals surface area contributed by atoms with Gasteiger partial charge >= 0.3 is 0 Å². The number of isocyanates is 1. The van der Waals surface area contributed by atoms with E-state index in [0.29, 0.717) is 5.69 Å². The smallest absolute Gasteiger partial charge is 0.240 e. The first kappa shape index (κ1) is 9.49. The molecule has 0 aliphatic carbocycles. The van der Waals surface area contributed by atoms with E-state index in [1.807, 2.05) is 13.8 Å². The summed E-state index contributed by atoms with van der Waals surface area (Å²) >= 11 is 0. The molecule has 0 amide bonds. The van der Waals surface area contributed by atoms with E-state index in [-0.39, 0.29) is 11.7 Å². The van der Waals surface area contributed by atoms with Crippen LogP contribution >= 0.6 is 0 Å². The fraction of sp³-hybridized carbons (Fsp3) is 0.300. The van der Waals surface area contributed by atoms with Crippen LogP contribution in [0.15, 0.2) is 23.2 Å². The van der Waals surface area contributed by atoms with Crippen LogP contribution in [0.25, 0.3) is 0 Å². The largest absolute Gasteiger partial charge is 0.508 e. The van der Waals surface area contributed by atoms with Crippen LogP contribution in [0.2, 0.25) is 0 Å². The first-order chi connectivity index (χ1) is 6.15. The molecule has 0 aliphatic rings. The van der Waals surface area contributed by atoms with Gasteiger partial charge in [0.1, 0.15) is 5.75 Å². The maximum Gasteiger partial charge on any atom is 0.240 e. The Morgan fingerprint density at radius 3 is 2.62 bits per heavy atom. The van der Waals surface area contributed by atoms with E-state index in [2.05, 4.69) is 4.99 Å². The van der Waals surface area contributed by atoms with Gasteiger partial charge in [-0.1, -0.05) is 19.9 Å². The number of benzene rings is 1. The third-order valence-corrected chi connectivity index (χ3v) is 1.81. The Kier molecular flexibility index (Phi) is 2.83. The summed E-state index contributed by atoms with van der Waals surface area (Å²) in [5.74, 6) is 0.431. The van der Waals surface area contributed by atoms with Crippen LogP contribution in [0, 0.1) is 0 Å². The number of carbonyl (C=O) groups excluding carboxylic acids is 1. The molecule has 0 spiro atoms. The molecule has 0 fully saturated rings. The van der Waals surface area contributed by atoms with Gasteiger partial charge in [0.25, 0.3) is 0 Å². The number of aliphatic imine (C=N–C) groups is 1. The van der Waals surface area contributed by atoms with Crippen LogP contribution in [0.3, 0.4) is 0 Å². The lowest BCUT2D eigenvalue weighted by Gasteiger charge is -2.07.